The van der Waals surface area contributed by atoms with Gasteiger partial charge in [0.25, 0.3) is 5.69 Å². The molecule has 3 aromatic carbocycles. The van der Waals surface area contributed by atoms with Crippen LogP contribution in [0.3, 0.4) is 0 Å². The van der Waals surface area contributed by atoms with Crippen LogP contribution in [-0.4, -0.2) is 29.4 Å². The molecule has 3 aromatic rings. The monoisotopic (exact) mass is 444 g/mol. The van der Waals surface area contributed by atoms with Crippen molar-refractivity contribution < 1.29 is 19.2 Å². The number of benzene rings is 3. The summed E-state index contributed by atoms with van der Waals surface area (Å²) in [5, 5.41) is 13.7. The molecule has 1 amide bonds. The number of non-ortho nitro benzene ring substituents is 1. The molecule has 33 heavy (non-hydrogen) atoms. The third kappa shape index (κ3) is 4.77. The minimum atomic E-state index is -0.884. The molecule has 0 bridgehead atoms. The number of ether oxygens (including phenoxy) is 1. The summed E-state index contributed by atoms with van der Waals surface area (Å²) in [6.45, 7) is 1.89. The van der Waals surface area contributed by atoms with E-state index in [0.29, 0.717) is 5.56 Å². The quantitative estimate of drug-likeness (QED) is 0.316. The lowest BCUT2D eigenvalue weighted by Crippen LogP contribution is -2.43. The number of nitrogens with one attached hydrogen (secondary N) is 1. The standard InChI is InChI=1S/C26H24N2O5/c1-2-33-26(30)24(15-17-11-13-18(14-12-17)28(31)32)27-25(29)16-23-21-9-5-3-7-19(21)20-8-4-6-10-22(20)23/h3-14,23-24H,2,15-16H2,1H3,(H,27,29)/t24-/m1/s1. The van der Waals surface area contributed by atoms with Gasteiger partial charge < -0.3 is 10.1 Å². The van der Waals surface area contributed by atoms with E-state index in [-0.39, 0.29) is 37.0 Å². The summed E-state index contributed by atoms with van der Waals surface area (Å²) >= 11 is 0. The second-order valence-electron chi connectivity index (χ2n) is 7.93. The first kappa shape index (κ1) is 22.2. The van der Waals surface area contributed by atoms with Gasteiger partial charge in [-0.1, -0.05) is 60.7 Å². The summed E-state index contributed by atoms with van der Waals surface area (Å²) in [4.78, 5) is 36.0. The predicted octanol–water partition coefficient (Wildman–Crippen LogP) is 4.39. The van der Waals surface area contributed by atoms with Crippen LogP contribution in [0, 0.1) is 10.1 Å². The molecule has 1 atom stereocenters. The highest BCUT2D eigenvalue weighted by atomic mass is 16.6. The van der Waals surface area contributed by atoms with E-state index in [1.54, 1.807) is 19.1 Å². The molecular formula is C26H24N2O5. The van der Waals surface area contributed by atoms with E-state index in [1.165, 1.54) is 12.1 Å². The maximum absolute atomic E-state index is 13.1. The van der Waals surface area contributed by atoms with Crippen LogP contribution in [0.4, 0.5) is 5.69 Å². The number of hydrogen-bond donors (Lipinski definition) is 1. The highest BCUT2D eigenvalue weighted by molar-refractivity contribution is 5.87. The largest absolute Gasteiger partial charge is 0.464 e. The first-order valence-corrected chi connectivity index (χ1v) is 10.9. The third-order valence-corrected chi connectivity index (χ3v) is 5.85. The summed E-state index contributed by atoms with van der Waals surface area (Å²) < 4.78 is 5.16. The molecule has 7 nitrogen and oxygen atoms in total. The van der Waals surface area contributed by atoms with E-state index in [1.807, 2.05) is 36.4 Å². The number of esters is 1. The van der Waals surface area contributed by atoms with Crippen LogP contribution < -0.4 is 5.32 Å². The number of carbonyl (C=O) groups is 2. The summed E-state index contributed by atoms with van der Waals surface area (Å²) in [7, 11) is 0. The van der Waals surface area contributed by atoms with E-state index in [9.17, 15) is 19.7 Å². The fourth-order valence-corrected chi connectivity index (χ4v) is 4.34. The Balaban J connectivity index is 1.51. The molecule has 0 heterocycles. The zero-order valence-corrected chi connectivity index (χ0v) is 18.2. The van der Waals surface area contributed by atoms with Gasteiger partial charge in [-0.25, -0.2) is 4.79 Å². The molecule has 0 spiro atoms. The normalized spacial score (nSPS) is 13.0. The minimum absolute atomic E-state index is 0.0333. The zero-order chi connectivity index (χ0) is 23.4. The van der Waals surface area contributed by atoms with Gasteiger partial charge in [0.15, 0.2) is 0 Å². The Morgan fingerprint density at radius 2 is 1.55 bits per heavy atom. The number of nitro benzene ring substituents is 1. The number of carbonyl (C=O) groups excluding carboxylic acids is 2. The number of amides is 1. The smallest absolute Gasteiger partial charge is 0.328 e. The van der Waals surface area contributed by atoms with Crippen molar-refractivity contribution in [1.29, 1.82) is 0 Å². The van der Waals surface area contributed by atoms with Gasteiger partial charge in [0.2, 0.25) is 5.91 Å². The SMILES string of the molecule is CCOC(=O)[C@@H](Cc1ccc([N+](=O)[O-])cc1)NC(=O)CC1c2ccccc2-c2ccccc21. The summed E-state index contributed by atoms with van der Waals surface area (Å²) in [6, 6.07) is 21.1. The molecule has 0 aliphatic heterocycles. The molecule has 1 aliphatic carbocycles. The highest BCUT2D eigenvalue weighted by Gasteiger charge is 2.31. The summed E-state index contributed by atoms with van der Waals surface area (Å²) in [5.74, 6) is -0.887. The van der Waals surface area contributed by atoms with E-state index in [0.717, 1.165) is 22.3 Å². The van der Waals surface area contributed by atoms with Crippen LogP contribution in [0.25, 0.3) is 11.1 Å². The van der Waals surface area contributed by atoms with Gasteiger partial charge in [0, 0.05) is 30.9 Å². The Morgan fingerprint density at radius 1 is 0.970 bits per heavy atom. The topological polar surface area (TPSA) is 98.5 Å². The predicted molar refractivity (Wildman–Crippen MR) is 124 cm³/mol. The van der Waals surface area contributed by atoms with Crippen LogP contribution in [-0.2, 0) is 20.7 Å². The minimum Gasteiger partial charge on any atom is -0.464 e. The first-order chi connectivity index (χ1) is 16.0. The average molecular weight is 444 g/mol. The molecule has 0 radical (unpaired) electrons. The molecule has 0 saturated carbocycles. The first-order valence-electron chi connectivity index (χ1n) is 10.9. The van der Waals surface area contributed by atoms with Crippen molar-refractivity contribution in [3.8, 4) is 11.1 Å². The van der Waals surface area contributed by atoms with Gasteiger partial charge in [-0.05, 0) is 34.7 Å². The number of rotatable bonds is 8. The molecule has 168 valence electrons. The molecule has 0 fully saturated rings. The van der Waals surface area contributed by atoms with Crippen LogP contribution in [0.2, 0.25) is 0 Å². The van der Waals surface area contributed by atoms with Crippen LogP contribution in [0.5, 0.6) is 0 Å². The number of hydrogen-bond acceptors (Lipinski definition) is 5. The fraction of sp³-hybridized carbons (Fsp3) is 0.231. The molecule has 0 unspecified atom stereocenters. The van der Waals surface area contributed by atoms with E-state index in [4.69, 9.17) is 4.74 Å². The summed E-state index contributed by atoms with van der Waals surface area (Å²) in [5.41, 5.74) is 5.09. The third-order valence-electron chi connectivity index (χ3n) is 5.85. The Hall–Kier alpha value is -4.00. The maximum Gasteiger partial charge on any atom is 0.328 e. The maximum atomic E-state index is 13.1. The molecule has 0 saturated heterocycles. The van der Waals surface area contributed by atoms with Gasteiger partial charge in [0.1, 0.15) is 6.04 Å². The molecule has 7 heteroatoms. The Morgan fingerprint density at radius 3 is 2.09 bits per heavy atom. The Labute approximate surface area is 191 Å². The van der Waals surface area contributed by atoms with Gasteiger partial charge in [-0.3, -0.25) is 14.9 Å². The second-order valence-corrected chi connectivity index (χ2v) is 7.93. The average Bonchev–Trinajstić information content (AvgIpc) is 3.13. The van der Waals surface area contributed by atoms with Gasteiger partial charge >= 0.3 is 5.97 Å². The number of fused-ring (bicyclic) bond motifs is 3. The highest BCUT2D eigenvalue weighted by Crippen LogP contribution is 2.45. The van der Waals surface area contributed by atoms with E-state index >= 15 is 0 Å². The van der Waals surface area contributed by atoms with Crippen LogP contribution in [0.15, 0.2) is 72.8 Å². The van der Waals surface area contributed by atoms with Crippen molar-refractivity contribution in [2.45, 2.75) is 31.7 Å². The molecule has 1 N–H and O–H groups in total. The van der Waals surface area contributed by atoms with Crippen LogP contribution >= 0.6 is 0 Å². The Bertz CT molecular complexity index is 1140. The van der Waals surface area contributed by atoms with Crippen molar-refractivity contribution in [2.75, 3.05) is 6.61 Å². The lowest BCUT2D eigenvalue weighted by molar-refractivity contribution is -0.384. The van der Waals surface area contributed by atoms with Gasteiger partial charge in [-0.15, -0.1) is 0 Å². The molecule has 0 aromatic heterocycles. The van der Waals surface area contributed by atoms with E-state index < -0.39 is 16.9 Å². The van der Waals surface area contributed by atoms with Gasteiger partial charge in [-0.2, -0.15) is 0 Å². The zero-order valence-electron chi connectivity index (χ0n) is 18.2. The lowest BCUT2D eigenvalue weighted by Gasteiger charge is -2.19. The van der Waals surface area contributed by atoms with Crippen molar-refractivity contribution in [3.05, 3.63) is 99.6 Å². The van der Waals surface area contributed by atoms with Crippen LogP contribution in [0.1, 0.15) is 36.0 Å². The lowest BCUT2D eigenvalue weighted by atomic mass is 9.93. The Kier molecular flexibility index (Phi) is 6.49. The van der Waals surface area contributed by atoms with Crippen molar-refractivity contribution in [2.24, 2.45) is 0 Å². The molecule has 4 rings (SSSR count). The molecular weight excluding hydrogens is 420 g/mol. The van der Waals surface area contributed by atoms with Gasteiger partial charge in [0.05, 0.1) is 11.5 Å². The second kappa shape index (κ2) is 9.65. The van der Waals surface area contributed by atoms with Crippen molar-refractivity contribution in [1.82, 2.24) is 5.32 Å². The van der Waals surface area contributed by atoms with E-state index in [2.05, 4.69) is 17.4 Å². The van der Waals surface area contributed by atoms with Crippen molar-refractivity contribution in [3.63, 3.8) is 0 Å². The number of nitrogens with zero attached hydrogens (tertiary/aromatic N) is 1. The van der Waals surface area contributed by atoms with Crippen molar-refractivity contribution >= 4 is 17.6 Å². The summed E-state index contributed by atoms with van der Waals surface area (Å²) in [6.07, 6.45) is 0.380. The molecule has 1 aliphatic rings. The fourth-order valence-electron chi connectivity index (χ4n) is 4.34. The number of nitro groups is 1.